The number of hydrogen-bond donors (Lipinski definition) is 0. The molecule has 0 spiro atoms. The molecule has 0 amide bonds. The summed E-state index contributed by atoms with van der Waals surface area (Å²) in [6.07, 6.45) is 10.7. The monoisotopic (exact) mass is 342 g/mol. The molecule has 1 aliphatic heterocycles. The van der Waals surface area contributed by atoms with Gasteiger partial charge in [-0.3, -0.25) is 0 Å². The highest BCUT2D eigenvalue weighted by Crippen LogP contribution is 2.45. The molecule has 1 saturated heterocycles. The molecule has 2 aliphatic rings. The maximum absolute atomic E-state index is 6.92. The first kappa shape index (κ1) is 16.2. The van der Waals surface area contributed by atoms with Gasteiger partial charge in [0.05, 0.1) is 5.38 Å². The molecule has 0 N–H and O–H groups in total. The smallest absolute Gasteiger partial charge is 0.0624 e. The number of aryl methyl sites for hydroxylation is 1. The van der Waals surface area contributed by atoms with Gasteiger partial charge in [-0.1, -0.05) is 26.2 Å². The van der Waals surface area contributed by atoms with E-state index in [-0.39, 0.29) is 5.38 Å². The van der Waals surface area contributed by atoms with Crippen LogP contribution < -0.4 is 0 Å². The van der Waals surface area contributed by atoms with Gasteiger partial charge in [0.1, 0.15) is 0 Å². The van der Waals surface area contributed by atoms with Gasteiger partial charge in [-0.25, -0.2) is 0 Å². The highest BCUT2D eigenvalue weighted by Gasteiger charge is 2.27. The highest BCUT2D eigenvalue weighted by atomic mass is 35.5. The van der Waals surface area contributed by atoms with E-state index in [0.29, 0.717) is 0 Å². The highest BCUT2D eigenvalue weighted by molar-refractivity contribution is 7.99. The summed E-state index contributed by atoms with van der Waals surface area (Å²) in [6, 6.07) is 2.50. The molecular formula is C18H27ClS2. The van der Waals surface area contributed by atoms with Crippen molar-refractivity contribution >= 4 is 34.7 Å². The molecule has 1 aromatic heterocycles. The molecule has 1 aromatic rings. The minimum atomic E-state index is 0.267. The Kier molecular flexibility index (Phi) is 5.98. The molecule has 118 valence electrons. The summed E-state index contributed by atoms with van der Waals surface area (Å²) in [5, 5.41) is 0.267. The summed E-state index contributed by atoms with van der Waals surface area (Å²) in [4.78, 5) is 3.19. The van der Waals surface area contributed by atoms with Crippen molar-refractivity contribution < 1.29 is 0 Å². The zero-order valence-electron chi connectivity index (χ0n) is 13.1. The summed E-state index contributed by atoms with van der Waals surface area (Å²) in [5.74, 6) is 4.21. The summed E-state index contributed by atoms with van der Waals surface area (Å²) >= 11 is 11.1. The van der Waals surface area contributed by atoms with E-state index in [0.717, 1.165) is 18.3 Å². The van der Waals surface area contributed by atoms with Crippen LogP contribution in [0.2, 0.25) is 0 Å². The molecule has 1 saturated carbocycles. The van der Waals surface area contributed by atoms with Gasteiger partial charge < -0.3 is 0 Å². The van der Waals surface area contributed by atoms with Gasteiger partial charge in [0.25, 0.3) is 0 Å². The number of thiophene rings is 1. The van der Waals surface area contributed by atoms with Crippen LogP contribution >= 0.6 is 34.7 Å². The fourth-order valence-corrected chi connectivity index (χ4v) is 6.78. The fraction of sp³-hybridized carbons (Fsp3) is 0.778. The number of rotatable bonds is 4. The van der Waals surface area contributed by atoms with Gasteiger partial charge in [0, 0.05) is 9.75 Å². The van der Waals surface area contributed by atoms with Crippen LogP contribution in [0.3, 0.4) is 0 Å². The molecule has 3 rings (SSSR count). The van der Waals surface area contributed by atoms with Crippen LogP contribution in [0.1, 0.15) is 78.5 Å². The number of halogens is 1. The Morgan fingerprint density at radius 3 is 2.52 bits per heavy atom. The van der Waals surface area contributed by atoms with Crippen LogP contribution in [0.5, 0.6) is 0 Å². The van der Waals surface area contributed by atoms with Crippen molar-refractivity contribution in [1.82, 2.24) is 0 Å². The van der Waals surface area contributed by atoms with Crippen molar-refractivity contribution in [1.29, 1.82) is 0 Å². The molecular weight excluding hydrogens is 316 g/mol. The Hall–Kier alpha value is 0.340. The summed E-state index contributed by atoms with van der Waals surface area (Å²) in [5.41, 5.74) is 1.49. The summed E-state index contributed by atoms with van der Waals surface area (Å²) < 4.78 is 0. The molecule has 1 aliphatic carbocycles. The van der Waals surface area contributed by atoms with Crippen molar-refractivity contribution in [3.05, 3.63) is 21.4 Å². The molecule has 3 heteroatoms. The van der Waals surface area contributed by atoms with E-state index in [9.17, 15) is 0 Å². The van der Waals surface area contributed by atoms with Gasteiger partial charge in [-0.15, -0.1) is 22.9 Å². The quantitative estimate of drug-likeness (QED) is 0.543. The van der Waals surface area contributed by atoms with E-state index in [1.165, 1.54) is 62.0 Å². The third-order valence-corrected chi connectivity index (χ3v) is 8.26. The molecule has 2 heterocycles. The second-order valence-electron chi connectivity index (χ2n) is 6.57. The standard InChI is InChI=1S/C18H27ClS2/c1-2-16-15(18(19)14-6-4-3-5-7-14)12-17(21-16)13-8-10-20-11-9-13/h12-14,18H,2-11H2,1H3. The maximum Gasteiger partial charge on any atom is 0.0624 e. The zero-order chi connectivity index (χ0) is 14.7. The van der Waals surface area contributed by atoms with Crippen LogP contribution in [0, 0.1) is 5.92 Å². The lowest BCUT2D eigenvalue weighted by molar-refractivity contribution is 0.348. The third kappa shape index (κ3) is 3.82. The molecule has 0 bridgehead atoms. The van der Waals surface area contributed by atoms with Crippen molar-refractivity contribution in [3.63, 3.8) is 0 Å². The van der Waals surface area contributed by atoms with Crippen LogP contribution in [0.15, 0.2) is 6.07 Å². The molecule has 0 nitrogen and oxygen atoms in total. The van der Waals surface area contributed by atoms with E-state index in [1.54, 1.807) is 9.75 Å². The van der Waals surface area contributed by atoms with Gasteiger partial charge in [0.2, 0.25) is 0 Å². The number of hydrogen-bond acceptors (Lipinski definition) is 2. The van der Waals surface area contributed by atoms with Crippen LogP contribution in [0.25, 0.3) is 0 Å². The first-order valence-electron chi connectivity index (χ1n) is 8.64. The van der Waals surface area contributed by atoms with Gasteiger partial charge in [-0.2, -0.15) is 11.8 Å². The average molecular weight is 343 g/mol. The minimum absolute atomic E-state index is 0.267. The van der Waals surface area contributed by atoms with E-state index in [4.69, 9.17) is 11.6 Å². The first-order chi connectivity index (χ1) is 10.3. The SMILES string of the molecule is CCc1sc(C2CCSCC2)cc1C(Cl)C1CCCCC1. The molecule has 0 aromatic carbocycles. The molecule has 0 radical (unpaired) electrons. The Morgan fingerprint density at radius 2 is 1.86 bits per heavy atom. The summed E-state index contributed by atoms with van der Waals surface area (Å²) in [7, 11) is 0. The lowest BCUT2D eigenvalue weighted by Crippen LogP contribution is -2.12. The Balaban J connectivity index is 1.78. The number of thioether (sulfide) groups is 1. The van der Waals surface area contributed by atoms with Crippen molar-refractivity contribution in [3.8, 4) is 0 Å². The largest absolute Gasteiger partial charge is 0.162 e. The lowest BCUT2D eigenvalue weighted by atomic mass is 9.84. The van der Waals surface area contributed by atoms with Gasteiger partial charge in [0.15, 0.2) is 0 Å². The van der Waals surface area contributed by atoms with Gasteiger partial charge >= 0.3 is 0 Å². The van der Waals surface area contributed by atoms with Crippen LogP contribution in [-0.4, -0.2) is 11.5 Å². The maximum atomic E-state index is 6.92. The Morgan fingerprint density at radius 1 is 1.14 bits per heavy atom. The lowest BCUT2D eigenvalue weighted by Gasteiger charge is -2.26. The third-order valence-electron chi connectivity index (χ3n) is 5.17. The Bertz CT molecular complexity index is 442. The minimum Gasteiger partial charge on any atom is -0.162 e. The van der Waals surface area contributed by atoms with E-state index in [1.807, 2.05) is 0 Å². The topological polar surface area (TPSA) is 0 Å². The van der Waals surface area contributed by atoms with Crippen LogP contribution in [0.4, 0.5) is 0 Å². The second-order valence-corrected chi connectivity index (χ2v) is 9.43. The normalized spacial score (nSPS) is 23.3. The molecule has 1 atom stereocenters. The second kappa shape index (κ2) is 7.75. The van der Waals surface area contributed by atoms with Crippen molar-refractivity contribution in [2.75, 3.05) is 11.5 Å². The fourth-order valence-electron chi connectivity index (χ4n) is 3.84. The predicted molar refractivity (Wildman–Crippen MR) is 98.2 cm³/mol. The molecule has 21 heavy (non-hydrogen) atoms. The zero-order valence-corrected chi connectivity index (χ0v) is 15.5. The molecule has 2 fully saturated rings. The van der Waals surface area contributed by atoms with E-state index >= 15 is 0 Å². The van der Waals surface area contributed by atoms with E-state index in [2.05, 4.69) is 36.1 Å². The molecule has 1 unspecified atom stereocenters. The Labute approximate surface area is 143 Å². The number of alkyl halides is 1. The van der Waals surface area contributed by atoms with Crippen molar-refractivity contribution in [2.45, 2.75) is 69.6 Å². The first-order valence-corrected chi connectivity index (χ1v) is 11.0. The predicted octanol–water partition coefficient (Wildman–Crippen LogP) is 6.78. The average Bonchev–Trinajstić information content (AvgIpc) is 3.00. The summed E-state index contributed by atoms with van der Waals surface area (Å²) in [6.45, 7) is 2.29. The van der Waals surface area contributed by atoms with Gasteiger partial charge in [-0.05, 0) is 67.1 Å². The van der Waals surface area contributed by atoms with Crippen LogP contribution in [-0.2, 0) is 6.42 Å². The van der Waals surface area contributed by atoms with E-state index < -0.39 is 0 Å². The van der Waals surface area contributed by atoms with Crippen molar-refractivity contribution in [2.24, 2.45) is 5.92 Å².